The van der Waals surface area contributed by atoms with Crippen LogP contribution in [0.1, 0.15) is 100 Å². The standard InChI is InChI=1S/C52H52N2/c1-27-17-31(5)45-41(21-27)53(42-22-28(2)18-32(6)46(42)45)35-13-15-37-39(25-35)51(9,10)50-49(37)38-16-14-36(26-40(38)52(50,11)12)54-43-23-29(3)19-33(7)47(43)48-34(8)20-30(4)24-44(48)54/h13-26,49-50H,1-12H3. The topological polar surface area (TPSA) is 9.86 Å². The van der Waals surface area contributed by atoms with E-state index in [4.69, 9.17) is 0 Å². The van der Waals surface area contributed by atoms with Crippen molar-refractivity contribution in [2.75, 3.05) is 0 Å². The Morgan fingerprint density at radius 3 is 0.981 bits per heavy atom. The van der Waals surface area contributed by atoms with Crippen LogP contribution in [0.2, 0.25) is 0 Å². The Kier molecular flexibility index (Phi) is 6.69. The molecule has 10 rings (SSSR count). The van der Waals surface area contributed by atoms with Crippen LogP contribution in [0.4, 0.5) is 0 Å². The van der Waals surface area contributed by atoms with Crippen LogP contribution in [0.15, 0.2) is 84.9 Å². The smallest absolute Gasteiger partial charge is 0.0546 e. The monoisotopic (exact) mass is 704 g/mol. The number of rotatable bonds is 2. The highest BCUT2D eigenvalue weighted by Gasteiger charge is 2.58. The van der Waals surface area contributed by atoms with E-state index in [2.05, 4.69) is 177 Å². The molecule has 2 aliphatic carbocycles. The second-order valence-corrected chi connectivity index (χ2v) is 18.5. The van der Waals surface area contributed by atoms with Crippen LogP contribution in [0, 0.1) is 61.3 Å². The molecule has 270 valence electrons. The van der Waals surface area contributed by atoms with E-state index in [1.54, 1.807) is 0 Å². The van der Waals surface area contributed by atoms with Crippen LogP contribution in [0.5, 0.6) is 0 Å². The average molecular weight is 705 g/mol. The summed E-state index contributed by atoms with van der Waals surface area (Å²) in [5.41, 5.74) is 24.4. The Labute approximate surface area is 320 Å². The lowest BCUT2D eigenvalue weighted by Crippen LogP contribution is -2.37. The van der Waals surface area contributed by atoms with Gasteiger partial charge in [0.25, 0.3) is 0 Å². The number of aryl methyl sites for hydroxylation is 8. The summed E-state index contributed by atoms with van der Waals surface area (Å²) in [4.78, 5) is 0. The third-order valence-corrected chi connectivity index (χ3v) is 13.8. The van der Waals surface area contributed by atoms with Gasteiger partial charge in [-0.3, -0.25) is 0 Å². The summed E-state index contributed by atoms with van der Waals surface area (Å²) in [5, 5.41) is 5.54. The summed E-state index contributed by atoms with van der Waals surface area (Å²) in [5.74, 6) is 0.808. The molecule has 6 aromatic carbocycles. The predicted octanol–water partition coefficient (Wildman–Crippen LogP) is 13.7. The van der Waals surface area contributed by atoms with E-state index in [-0.39, 0.29) is 10.8 Å². The Balaban J connectivity index is 1.18. The van der Waals surface area contributed by atoms with E-state index >= 15 is 0 Å². The summed E-state index contributed by atoms with van der Waals surface area (Å²) < 4.78 is 5.11. The highest BCUT2D eigenvalue weighted by atomic mass is 15.0. The van der Waals surface area contributed by atoms with Crippen molar-refractivity contribution < 1.29 is 0 Å². The first kappa shape index (κ1) is 33.5. The number of hydrogen-bond acceptors (Lipinski definition) is 0. The minimum Gasteiger partial charge on any atom is -0.309 e. The van der Waals surface area contributed by atoms with Crippen LogP contribution >= 0.6 is 0 Å². The summed E-state index contributed by atoms with van der Waals surface area (Å²) in [6.45, 7) is 28.1. The van der Waals surface area contributed by atoms with Gasteiger partial charge in [-0.25, -0.2) is 0 Å². The van der Waals surface area contributed by atoms with E-state index in [1.807, 2.05) is 0 Å². The van der Waals surface area contributed by atoms with Crippen molar-refractivity contribution >= 4 is 43.6 Å². The van der Waals surface area contributed by atoms with Gasteiger partial charge in [0.15, 0.2) is 0 Å². The summed E-state index contributed by atoms with van der Waals surface area (Å²) in [7, 11) is 0. The van der Waals surface area contributed by atoms with Gasteiger partial charge in [0.2, 0.25) is 0 Å². The Morgan fingerprint density at radius 2 is 0.685 bits per heavy atom. The largest absolute Gasteiger partial charge is 0.309 e. The van der Waals surface area contributed by atoms with Crippen molar-refractivity contribution in [1.82, 2.24) is 9.13 Å². The minimum absolute atomic E-state index is 0.0234. The fourth-order valence-electron chi connectivity index (χ4n) is 12.2. The van der Waals surface area contributed by atoms with Gasteiger partial charge in [-0.15, -0.1) is 0 Å². The first-order valence-corrected chi connectivity index (χ1v) is 19.9. The van der Waals surface area contributed by atoms with Gasteiger partial charge in [0.05, 0.1) is 22.1 Å². The number of nitrogens with zero attached hydrogens (tertiary/aromatic N) is 2. The van der Waals surface area contributed by atoms with E-state index in [0.29, 0.717) is 11.8 Å². The fraction of sp³-hybridized carbons (Fsp3) is 0.308. The first-order valence-electron chi connectivity index (χ1n) is 19.9. The second-order valence-electron chi connectivity index (χ2n) is 18.5. The van der Waals surface area contributed by atoms with Crippen LogP contribution in [0.3, 0.4) is 0 Å². The molecule has 2 aromatic heterocycles. The van der Waals surface area contributed by atoms with Gasteiger partial charge in [0.1, 0.15) is 0 Å². The van der Waals surface area contributed by atoms with Gasteiger partial charge < -0.3 is 9.13 Å². The van der Waals surface area contributed by atoms with E-state index in [9.17, 15) is 0 Å². The lowest BCUT2D eigenvalue weighted by molar-refractivity contribution is 0.227. The van der Waals surface area contributed by atoms with Gasteiger partial charge in [-0.2, -0.15) is 0 Å². The third kappa shape index (κ3) is 4.23. The van der Waals surface area contributed by atoms with Crippen LogP contribution in [-0.4, -0.2) is 9.13 Å². The van der Waals surface area contributed by atoms with Crippen molar-refractivity contribution in [1.29, 1.82) is 0 Å². The van der Waals surface area contributed by atoms with Crippen LogP contribution in [0.25, 0.3) is 55.0 Å². The van der Waals surface area contributed by atoms with Crippen molar-refractivity contribution in [2.45, 2.75) is 99.8 Å². The van der Waals surface area contributed by atoms with Crippen molar-refractivity contribution in [3.63, 3.8) is 0 Å². The number of benzene rings is 6. The van der Waals surface area contributed by atoms with Crippen molar-refractivity contribution in [2.24, 2.45) is 5.92 Å². The quantitative estimate of drug-likeness (QED) is 0.170. The zero-order valence-corrected chi connectivity index (χ0v) is 34.1. The normalized spacial score (nSPS) is 18.3. The molecule has 0 bridgehead atoms. The molecule has 0 amide bonds. The molecule has 2 heteroatoms. The minimum atomic E-state index is -0.0234. The summed E-state index contributed by atoms with van der Waals surface area (Å²) in [6.07, 6.45) is 0. The zero-order chi connectivity index (χ0) is 37.9. The molecule has 8 aromatic rings. The van der Waals surface area contributed by atoms with Crippen LogP contribution in [-0.2, 0) is 10.8 Å². The lowest BCUT2D eigenvalue weighted by Gasteiger charge is -2.38. The molecule has 0 aliphatic heterocycles. The summed E-state index contributed by atoms with van der Waals surface area (Å²) in [6, 6.07) is 33.9. The molecule has 0 unspecified atom stereocenters. The number of aromatic nitrogens is 2. The van der Waals surface area contributed by atoms with E-state index in [0.717, 1.165) is 0 Å². The van der Waals surface area contributed by atoms with E-state index < -0.39 is 0 Å². The molecule has 0 saturated carbocycles. The van der Waals surface area contributed by atoms with Gasteiger partial charge in [0, 0.05) is 38.8 Å². The Morgan fingerprint density at radius 1 is 0.389 bits per heavy atom. The Hall–Kier alpha value is -5.08. The number of hydrogen-bond donors (Lipinski definition) is 0. The Bertz CT molecular complexity index is 2640. The first-order chi connectivity index (χ1) is 25.6. The fourth-order valence-corrected chi connectivity index (χ4v) is 12.2. The summed E-state index contributed by atoms with van der Waals surface area (Å²) >= 11 is 0. The molecular formula is C52H52N2. The molecule has 0 spiro atoms. The van der Waals surface area contributed by atoms with E-state index in [1.165, 1.54) is 122 Å². The maximum absolute atomic E-state index is 2.55. The maximum Gasteiger partial charge on any atom is 0.0546 e. The van der Waals surface area contributed by atoms with Crippen molar-refractivity contribution in [3.8, 4) is 11.4 Å². The molecule has 0 N–H and O–H groups in total. The van der Waals surface area contributed by atoms with Crippen molar-refractivity contribution in [3.05, 3.63) is 152 Å². The highest BCUT2D eigenvalue weighted by molar-refractivity contribution is 6.14. The van der Waals surface area contributed by atoms with Gasteiger partial charge >= 0.3 is 0 Å². The second kappa shape index (κ2) is 10.8. The lowest BCUT2D eigenvalue weighted by atomic mass is 9.65. The van der Waals surface area contributed by atoms with Crippen LogP contribution < -0.4 is 0 Å². The third-order valence-electron chi connectivity index (χ3n) is 13.8. The predicted molar refractivity (Wildman–Crippen MR) is 231 cm³/mol. The highest BCUT2D eigenvalue weighted by Crippen LogP contribution is 2.65. The molecule has 2 nitrogen and oxygen atoms in total. The SMILES string of the molecule is Cc1cc(C)c2c3c(C)cc(C)cc3n(-c3ccc4c(c3)C(C)(C)C3C4c4ccc(-n5c6cc(C)cc(C)c6c6c(C)cc(C)cc65)cc4C3(C)C)c2c1. The molecule has 2 heterocycles. The zero-order valence-electron chi connectivity index (χ0n) is 34.1. The molecule has 2 aliphatic rings. The molecule has 0 atom stereocenters. The molecule has 0 radical (unpaired) electrons. The molecule has 0 saturated heterocycles. The maximum atomic E-state index is 2.55. The molecular weight excluding hydrogens is 653 g/mol. The molecule has 54 heavy (non-hydrogen) atoms. The van der Waals surface area contributed by atoms with Gasteiger partial charge in [-0.05, 0) is 187 Å². The van der Waals surface area contributed by atoms with Gasteiger partial charge in [-0.1, -0.05) is 64.1 Å². The average Bonchev–Trinajstić information content (AvgIpc) is 3.74. The molecule has 0 fully saturated rings. The number of fused-ring (bicyclic) bond motifs is 11.